The van der Waals surface area contributed by atoms with Crippen molar-refractivity contribution >= 4 is 23.3 Å². The van der Waals surface area contributed by atoms with E-state index < -0.39 is 5.54 Å². The maximum atomic E-state index is 13.2. The molecule has 1 aliphatic carbocycles. The van der Waals surface area contributed by atoms with Gasteiger partial charge in [-0.2, -0.15) is 5.10 Å². The average molecular weight is 414 g/mol. The van der Waals surface area contributed by atoms with Crippen LogP contribution < -0.4 is 5.32 Å². The number of nitrogens with one attached hydrogen (secondary N) is 1. The molecule has 0 radical (unpaired) electrons. The number of hydrogen-bond acceptors (Lipinski definition) is 6. The number of hydrogen-bond donors (Lipinski definition) is 1. The SMILES string of the molecule is C[C@@H]1C[C@H]2C[C@@](c3nnco3)(C1)N2C(=O)Nc1ccc(Cl)c(-c2ncn(C)n2)c1. The maximum Gasteiger partial charge on any atom is 0.323 e. The fourth-order valence-corrected chi connectivity index (χ4v) is 4.95. The van der Waals surface area contributed by atoms with Crippen LogP contribution in [0.4, 0.5) is 10.5 Å². The Balaban J connectivity index is 1.42. The topological polar surface area (TPSA) is 102 Å². The van der Waals surface area contributed by atoms with Gasteiger partial charge in [0.05, 0.1) is 5.02 Å². The lowest BCUT2D eigenvalue weighted by atomic mass is 9.64. The molecular formula is C19H20ClN7O2. The second kappa shape index (κ2) is 6.55. The van der Waals surface area contributed by atoms with Crippen LogP contribution in [0.25, 0.3) is 11.4 Å². The summed E-state index contributed by atoms with van der Waals surface area (Å²) in [6.07, 6.45) is 5.54. The highest BCUT2D eigenvalue weighted by atomic mass is 35.5. The van der Waals surface area contributed by atoms with Crippen molar-refractivity contribution in [3.63, 3.8) is 0 Å². The molecule has 3 fully saturated rings. The summed E-state index contributed by atoms with van der Waals surface area (Å²) in [6.45, 7) is 2.19. The molecule has 2 aromatic heterocycles. The number of nitrogens with zero attached hydrogens (tertiary/aromatic N) is 6. The molecule has 1 aromatic carbocycles. The number of aryl methyl sites for hydroxylation is 1. The largest absolute Gasteiger partial charge is 0.425 e. The average Bonchev–Trinajstić information content (AvgIpc) is 3.34. The first-order chi connectivity index (χ1) is 14.0. The number of carbonyl (C=O) groups excluding carboxylic acids is 1. The summed E-state index contributed by atoms with van der Waals surface area (Å²) >= 11 is 6.32. The molecule has 150 valence electrons. The molecule has 6 rings (SSSR count). The van der Waals surface area contributed by atoms with Crippen LogP contribution in [0.1, 0.15) is 32.1 Å². The Labute approximate surface area is 172 Å². The van der Waals surface area contributed by atoms with E-state index in [4.69, 9.17) is 16.0 Å². The van der Waals surface area contributed by atoms with Gasteiger partial charge in [-0.1, -0.05) is 18.5 Å². The lowest BCUT2D eigenvalue weighted by Crippen LogP contribution is -2.70. The number of fused-ring (bicyclic) bond motifs is 2. The second-order valence-electron chi connectivity index (χ2n) is 7.92. The number of benzene rings is 1. The third kappa shape index (κ3) is 2.88. The molecule has 29 heavy (non-hydrogen) atoms. The van der Waals surface area contributed by atoms with Crippen molar-refractivity contribution in [3.05, 3.63) is 41.8 Å². The van der Waals surface area contributed by atoms with Gasteiger partial charge in [-0.05, 0) is 37.0 Å². The minimum Gasteiger partial charge on any atom is -0.425 e. The summed E-state index contributed by atoms with van der Waals surface area (Å²) in [7, 11) is 1.79. The van der Waals surface area contributed by atoms with Crippen LogP contribution in [0.2, 0.25) is 5.02 Å². The van der Waals surface area contributed by atoms with Crippen LogP contribution in [-0.2, 0) is 12.6 Å². The smallest absolute Gasteiger partial charge is 0.323 e. The molecule has 2 saturated heterocycles. The van der Waals surface area contributed by atoms with Crippen molar-refractivity contribution < 1.29 is 9.21 Å². The van der Waals surface area contributed by atoms with Gasteiger partial charge < -0.3 is 14.6 Å². The van der Waals surface area contributed by atoms with Crippen LogP contribution in [0.15, 0.2) is 35.3 Å². The predicted octanol–water partition coefficient (Wildman–Crippen LogP) is 3.45. The summed E-state index contributed by atoms with van der Waals surface area (Å²) < 4.78 is 7.11. The Bertz CT molecular complexity index is 1070. The molecule has 3 aromatic rings. The number of amides is 2. The van der Waals surface area contributed by atoms with Crippen LogP contribution in [0, 0.1) is 5.92 Å². The van der Waals surface area contributed by atoms with Gasteiger partial charge in [0.15, 0.2) is 5.82 Å². The van der Waals surface area contributed by atoms with Gasteiger partial charge >= 0.3 is 6.03 Å². The lowest BCUT2D eigenvalue weighted by molar-refractivity contribution is -0.110. The summed E-state index contributed by atoms with van der Waals surface area (Å²) in [6, 6.07) is 5.26. The van der Waals surface area contributed by atoms with Crippen LogP contribution in [0.3, 0.4) is 0 Å². The normalized spacial score (nSPS) is 25.6. The number of rotatable bonds is 3. The zero-order valence-corrected chi connectivity index (χ0v) is 16.8. The van der Waals surface area contributed by atoms with E-state index in [0.29, 0.717) is 33.9 Å². The minimum absolute atomic E-state index is 0.162. The first-order valence-corrected chi connectivity index (χ1v) is 9.86. The summed E-state index contributed by atoms with van der Waals surface area (Å²) in [5.74, 6) is 1.50. The van der Waals surface area contributed by atoms with E-state index in [1.54, 1.807) is 36.3 Å². The molecule has 10 heteroatoms. The van der Waals surface area contributed by atoms with Gasteiger partial charge in [0.1, 0.15) is 11.9 Å². The number of carbonyl (C=O) groups is 1. The molecule has 1 N–H and O–H groups in total. The molecule has 2 aliphatic heterocycles. The van der Waals surface area contributed by atoms with Crippen molar-refractivity contribution in [2.75, 3.05) is 5.32 Å². The zero-order valence-electron chi connectivity index (χ0n) is 16.0. The molecule has 0 spiro atoms. The fourth-order valence-electron chi connectivity index (χ4n) is 4.75. The highest BCUT2D eigenvalue weighted by Crippen LogP contribution is 2.55. The standard InChI is InChI=1S/C19H20ClN7O2/c1-11-5-13-8-19(7-11,17-24-22-10-29-17)27(13)18(28)23-12-3-4-15(20)14(6-12)16-21-9-26(2)25-16/h3-4,6,9-11,13H,5,7-8H2,1-2H3,(H,23,28)/t11-,13+,19-/m1/s1. The maximum absolute atomic E-state index is 13.2. The molecular weight excluding hydrogens is 394 g/mol. The molecule has 2 bridgehead atoms. The van der Waals surface area contributed by atoms with Crippen LogP contribution in [0.5, 0.6) is 0 Å². The van der Waals surface area contributed by atoms with Gasteiger partial charge in [-0.3, -0.25) is 4.68 Å². The number of aromatic nitrogens is 5. The van der Waals surface area contributed by atoms with Gasteiger partial charge in [0.25, 0.3) is 0 Å². The van der Waals surface area contributed by atoms with Crippen molar-refractivity contribution in [1.82, 2.24) is 29.9 Å². The number of urea groups is 1. The van der Waals surface area contributed by atoms with E-state index >= 15 is 0 Å². The molecule has 3 atom stereocenters. The zero-order chi connectivity index (χ0) is 20.2. The molecule has 4 heterocycles. The molecule has 9 nitrogen and oxygen atoms in total. The number of halogens is 1. The molecule has 2 amide bonds. The monoisotopic (exact) mass is 413 g/mol. The van der Waals surface area contributed by atoms with Crippen molar-refractivity contribution in [2.24, 2.45) is 13.0 Å². The Morgan fingerprint density at radius 3 is 2.97 bits per heavy atom. The van der Waals surface area contributed by atoms with E-state index in [1.807, 2.05) is 4.90 Å². The third-order valence-corrected chi connectivity index (χ3v) is 6.12. The summed E-state index contributed by atoms with van der Waals surface area (Å²) in [5.41, 5.74) is 0.760. The van der Waals surface area contributed by atoms with Crippen LogP contribution >= 0.6 is 11.6 Å². The van der Waals surface area contributed by atoms with E-state index in [9.17, 15) is 4.79 Å². The van der Waals surface area contributed by atoms with Gasteiger partial charge in [0, 0.05) is 30.8 Å². The van der Waals surface area contributed by atoms with Gasteiger partial charge in [0.2, 0.25) is 12.3 Å². The Morgan fingerprint density at radius 2 is 2.24 bits per heavy atom. The second-order valence-corrected chi connectivity index (χ2v) is 8.32. The minimum atomic E-state index is -0.527. The third-order valence-electron chi connectivity index (χ3n) is 5.80. The van der Waals surface area contributed by atoms with E-state index in [1.165, 1.54) is 6.39 Å². The quantitative estimate of drug-likeness (QED) is 0.705. The Kier molecular flexibility index (Phi) is 4.09. The molecule has 0 unspecified atom stereocenters. The van der Waals surface area contributed by atoms with Gasteiger partial charge in [-0.25, -0.2) is 9.78 Å². The lowest BCUT2D eigenvalue weighted by Gasteiger charge is -2.61. The highest BCUT2D eigenvalue weighted by Gasteiger charge is 2.62. The summed E-state index contributed by atoms with van der Waals surface area (Å²) in [5, 5.41) is 15.7. The Morgan fingerprint density at radius 1 is 1.38 bits per heavy atom. The number of anilines is 1. The first-order valence-electron chi connectivity index (χ1n) is 9.49. The van der Waals surface area contributed by atoms with Crippen molar-refractivity contribution in [3.8, 4) is 11.4 Å². The van der Waals surface area contributed by atoms with E-state index in [0.717, 1.165) is 19.3 Å². The van der Waals surface area contributed by atoms with E-state index in [-0.39, 0.29) is 12.1 Å². The highest BCUT2D eigenvalue weighted by molar-refractivity contribution is 6.33. The molecule has 1 saturated carbocycles. The predicted molar refractivity (Wildman–Crippen MR) is 105 cm³/mol. The van der Waals surface area contributed by atoms with Gasteiger partial charge in [-0.15, -0.1) is 10.2 Å². The first kappa shape index (κ1) is 18.1. The Hall–Kier alpha value is -2.94. The van der Waals surface area contributed by atoms with E-state index in [2.05, 4.69) is 32.5 Å². The van der Waals surface area contributed by atoms with Crippen molar-refractivity contribution in [2.45, 2.75) is 37.8 Å². The van der Waals surface area contributed by atoms with Crippen molar-refractivity contribution in [1.29, 1.82) is 0 Å². The summed E-state index contributed by atoms with van der Waals surface area (Å²) in [4.78, 5) is 19.3. The number of piperidine rings is 1. The van der Waals surface area contributed by atoms with Crippen LogP contribution in [-0.4, -0.2) is 41.9 Å². The molecule has 3 aliphatic rings. The fraction of sp³-hybridized carbons (Fsp3) is 0.421.